The number of aromatic amines is 1. The average Bonchev–Trinajstić information content (AvgIpc) is 3.17. The molecule has 0 amide bonds. The van der Waals surface area contributed by atoms with E-state index in [4.69, 9.17) is 10.5 Å². The molecule has 1 aliphatic carbocycles. The van der Waals surface area contributed by atoms with Crippen LogP contribution in [-0.2, 0) is 22.6 Å². The molecule has 2 aliphatic rings. The van der Waals surface area contributed by atoms with Crippen molar-refractivity contribution >= 4 is 16.9 Å². The predicted molar refractivity (Wildman–Crippen MR) is 113 cm³/mol. The van der Waals surface area contributed by atoms with Gasteiger partial charge < -0.3 is 15.5 Å². The molecule has 148 valence electrons. The van der Waals surface area contributed by atoms with Gasteiger partial charge in [-0.3, -0.25) is 4.90 Å². The highest BCUT2D eigenvalue weighted by Crippen LogP contribution is 2.42. The van der Waals surface area contributed by atoms with Gasteiger partial charge in [-0.1, -0.05) is 48.5 Å². The fourth-order valence-electron chi connectivity index (χ4n) is 4.78. The van der Waals surface area contributed by atoms with Crippen LogP contribution in [0.5, 0.6) is 0 Å². The summed E-state index contributed by atoms with van der Waals surface area (Å²) in [6, 6.07) is 15.7. The van der Waals surface area contributed by atoms with E-state index in [0.717, 1.165) is 17.6 Å². The Balaban J connectivity index is 1.40. The topological polar surface area (TPSA) is 71.3 Å². The van der Waals surface area contributed by atoms with Crippen LogP contribution in [-0.4, -0.2) is 41.5 Å². The molecule has 2 heterocycles. The molecule has 5 heteroatoms. The summed E-state index contributed by atoms with van der Waals surface area (Å²) in [7, 11) is 2.12. The molecule has 3 atom stereocenters. The van der Waals surface area contributed by atoms with Gasteiger partial charge >= 0.3 is 5.97 Å². The van der Waals surface area contributed by atoms with Crippen LogP contribution in [0.3, 0.4) is 0 Å². The van der Waals surface area contributed by atoms with Crippen molar-refractivity contribution in [2.45, 2.75) is 31.0 Å². The molecule has 1 aromatic heterocycles. The molecule has 3 N–H and O–H groups in total. The van der Waals surface area contributed by atoms with Crippen LogP contribution in [0.15, 0.2) is 66.4 Å². The number of nitrogens with two attached hydrogens (primary N) is 1. The number of esters is 1. The first kappa shape index (κ1) is 18.2. The first-order chi connectivity index (χ1) is 14.1. The van der Waals surface area contributed by atoms with Crippen LogP contribution in [0.25, 0.3) is 10.9 Å². The number of hydrogen-bond donors (Lipinski definition) is 2. The molecule has 3 aromatic rings. The molecule has 0 saturated heterocycles. The zero-order valence-electron chi connectivity index (χ0n) is 16.5. The van der Waals surface area contributed by atoms with Crippen LogP contribution in [0.2, 0.25) is 0 Å². The van der Waals surface area contributed by atoms with E-state index >= 15 is 0 Å². The number of fused-ring (bicyclic) bond motifs is 2. The van der Waals surface area contributed by atoms with Crippen molar-refractivity contribution in [3.8, 4) is 0 Å². The molecule has 0 bridgehead atoms. The second kappa shape index (κ2) is 7.17. The second-order valence-electron chi connectivity index (χ2n) is 8.11. The average molecular weight is 387 g/mol. The van der Waals surface area contributed by atoms with Crippen LogP contribution in [0, 0.1) is 0 Å². The molecule has 0 radical (unpaired) electrons. The van der Waals surface area contributed by atoms with E-state index < -0.39 is 6.04 Å². The maximum absolute atomic E-state index is 12.6. The van der Waals surface area contributed by atoms with Gasteiger partial charge in [0.05, 0.1) is 0 Å². The first-order valence-corrected chi connectivity index (χ1v) is 10.1. The summed E-state index contributed by atoms with van der Waals surface area (Å²) in [4.78, 5) is 18.3. The van der Waals surface area contributed by atoms with Gasteiger partial charge in [-0.15, -0.1) is 0 Å². The molecular weight excluding hydrogens is 362 g/mol. The van der Waals surface area contributed by atoms with Gasteiger partial charge in [-0.05, 0) is 41.8 Å². The van der Waals surface area contributed by atoms with E-state index in [2.05, 4.69) is 47.4 Å². The van der Waals surface area contributed by atoms with Gasteiger partial charge in [-0.2, -0.15) is 0 Å². The Morgan fingerprint density at radius 1 is 1.24 bits per heavy atom. The van der Waals surface area contributed by atoms with Gasteiger partial charge in [0.15, 0.2) is 0 Å². The van der Waals surface area contributed by atoms with Gasteiger partial charge in [0.2, 0.25) is 0 Å². The summed E-state index contributed by atoms with van der Waals surface area (Å²) in [5, 5.41) is 1.32. The summed E-state index contributed by atoms with van der Waals surface area (Å²) in [6.45, 7) is 0.924. The van der Waals surface area contributed by atoms with Crippen molar-refractivity contribution < 1.29 is 9.53 Å². The zero-order valence-corrected chi connectivity index (χ0v) is 16.5. The van der Waals surface area contributed by atoms with E-state index in [0.29, 0.717) is 12.6 Å². The number of nitrogens with zero attached hydrogens (tertiary/aromatic N) is 1. The lowest BCUT2D eigenvalue weighted by atomic mass is 9.76. The third-order valence-electron chi connectivity index (χ3n) is 6.29. The van der Waals surface area contributed by atoms with Crippen LogP contribution < -0.4 is 5.73 Å². The lowest BCUT2D eigenvalue weighted by Gasteiger charge is -2.42. The second-order valence-corrected chi connectivity index (χ2v) is 8.11. The molecule has 0 saturated carbocycles. The van der Waals surface area contributed by atoms with E-state index in [1.54, 1.807) is 0 Å². The van der Waals surface area contributed by atoms with E-state index in [1.165, 1.54) is 22.0 Å². The highest BCUT2D eigenvalue weighted by Gasteiger charge is 2.37. The fraction of sp³-hybridized carbons (Fsp3) is 0.292. The Morgan fingerprint density at radius 2 is 2.07 bits per heavy atom. The van der Waals surface area contributed by atoms with Crippen molar-refractivity contribution in [1.29, 1.82) is 0 Å². The SMILES string of the molecule is CN1CC(C(N)C(=O)OCc2ccccc2)=C[C@@H]2c3cccc4[nH]cc(c34)C[C@H]21. The lowest BCUT2D eigenvalue weighted by Crippen LogP contribution is -2.48. The van der Waals surface area contributed by atoms with Crippen molar-refractivity contribution in [2.75, 3.05) is 13.6 Å². The minimum absolute atomic E-state index is 0.226. The summed E-state index contributed by atoms with van der Waals surface area (Å²) in [6.07, 6.45) is 5.34. The van der Waals surface area contributed by atoms with Gasteiger partial charge in [-0.25, -0.2) is 4.79 Å². The number of ether oxygens (including phenoxy) is 1. The van der Waals surface area contributed by atoms with Crippen molar-refractivity contribution in [2.24, 2.45) is 5.73 Å². The number of carbonyl (C=O) groups excluding carboxylic acids is 1. The Kier molecular flexibility index (Phi) is 4.49. The maximum Gasteiger partial charge on any atom is 0.327 e. The Labute approximate surface area is 170 Å². The number of hydrogen-bond acceptors (Lipinski definition) is 4. The summed E-state index contributed by atoms with van der Waals surface area (Å²) in [5.74, 6) is -0.146. The molecule has 29 heavy (non-hydrogen) atoms. The predicted octanol–water partition coefficient (Wildman–Crippen LogP) is 3.12. The quantitative estimate of drug-likeness (QED) is 0.533. The Bertz CT molecular complexity index is 1090. The minimum atomic E-state index is -0.742. The molecule has 0 spiro atoms. The molecular formula is C24H25N3O2. The summed E-state index contributed by atoms with van der Waals surface area (Å²) >= 11 is 0. The highest BCUT2D eigenvalue weighted by molar-refractivity contribution is 5.89. The lowest BCUT2D eigenvalue weighted by molar-refractivity contribution is -0.145. The Hall–Kier alpha value is -2.89. The molecule has 2 aromatic carbocycles. The van der Waals surface area contributed by atoms with Crippen LogP contribution in [0.4, 0.5) is 0 Å². The number of rotatable bonds is 4. The molecule has 1 aliphatic heterocycles. The maximum atomic E-state index is 12.6. The van der Waals surface area contributed by atoms with Gasteiger partial charge in [0.25, 0.3) is 0 Å². The van der Waals surface area contributed by atoms with E-state index in [9.17, 15) is 4.79 Å². The summed E-state index contributed by atoms with van der Waals surface area (Å²) in [5.41, 5.74) is 12.1. The molecule has 5 nitrogen and oxygen atoms in total. The van der Waals surface area contributed by atoms with Crippen LogP contribution in [0.1, 0.15) is 22.6 Å². The fourth-order valence-corrected chi connectivity index (χ4v) is 4.78. The van der Waals surface area contributed by atoms with Crippen LogP contribution >= 0.6 is 0 Å². The number of H-pyrrole nitrogens is 1. The highest BCUT2D eigenvalue weighted by atomic mass is 16.5. The largest absolute Gasteiger partial charge is 0.459 e. The van der Waals surface area contributed by atoms with E-state index in [1.807, 2.05) is 30.3 Å². The minimum Gasteiger partial charge on any atom is -0.459 e. The van der Waals surface area contributed by atoms with Gasteiger partial charge in [0, 0.05) is 35.6 Å². The van der Waals surface area contributed by atoms with Crippen molar-refractivity contribution in [1.82, 2.24) is 9.88 Å². The van der Waals surface area contributed by atoms with Crippen molar-refractivity contribution in [3.63, 3.8) is 0 Å². The molecule has 1 unspecified atom stereocenters. The number of nitrogens with one attached hydrogen (secondary N) is 1. The third-order valence-corrected chi connectivity index (χ3v) is 6.29. The smallest absolute Gasteiger partial charge is 0.327 e. The third kappa shape index (κ3) is 3.16. The normalized spacial score (nSPS) is 22.1. The first-order valence-electron chi connectivity index (χ1n) is 10.1. The summed E-state index contributed by atoms with van der Waals surface area (Å²) < 4.78 is 5.49. The monoisotopic (exact) mass is 387 g/mol. The molecule has 0 fully saturated rings. The van der Waals surface area contributed by atoms with Crippen molar-refractivity contribution in [3.05, 3.63) is 83.1 Å². The van der Waals surface area contributed by atoms with E-state index in [-0.39, 0.29) is 18.5 Å². The zero-order chi connectivity index (χ0) is 20.0. The standard InChI is InChI=1S/C24H25N3O2/c1-27-13-17(23(25)24(28)29-14-15-6-3-2-4-7-15)10-19-18-8-5-9-20-22(18)16(12-26-20)11-21(19)27/h2-10,12,19,21,23,26H,11,13-14,25H2,1H3/t19-,21-,23?/m1/s1. The number of aromatic nitrogens is 1. The molecule has 5 rings (SSSR count). The number of likely N-dealkylation sites (N-methyl/N-ethyl adjacent to an activating group) is 1. The Morgan fingerprint density at radius 3 is 2.90 bits per heavy atom. The number of carbonyl (C=O) groups is 1. The van der Waals surface area contributed by atoms with Gasteiger partial charge in [0.1, 0.15) is 12.6 Å². The number of benzene rings is 2.